The molecule has 1 heterocycles. The monoisotopic (exact) mass is 295 g/mol. The molecule has 0 aliphatic rings. The Morgan fingerprint density at radius 1 is 1.45 bits per heavy atom. The van der Waals surface area contributed by atoms with E-state index in [2.05, 4.69) is 15.0 Å². The van der Waals surface area contributed by atoms with Gasteiger partial charge in [0, 0.05) is 5.02 Å². The highest BCUT2D eigenvalue weighted by Crippen LogP contribution is 2.25. The molecule has 0 unspecified atom stereocenters. The Labute approximate surface area is 119 Å². The minimum atomic E-state index is -0.630. The van der Waals surface area contributed by atoms with Crippen LogP contribution in [0.25, 0.3) is 0 Å². The Kier molecular flexibility index (Phi) is 4.05. The minimum absolute atomic E-state index is 0.0972. The number of benzene rings is 1. The Bertz CT molecular complexity index is 664. The zero-order chi connectivity index (χ0) is 14.7. The molecule has 0 radical (unpaired) electrons. The highest BCUT2D eigenvalue weighted by Gasteiger charge is 2.15. The summed E-state index contributed by atoms with van der Waals surface area (Å²) in [7, 11) is 1.23. The zero-order valence-electron chi connectivity index (χ0n) is 10.5. The smallest absolute Gasteiger partial charge is 0.341 e. The topological polar surface area (TPSA) is 77.2 Å². The van der Waals surface area contributed by atoms with Gasteiger partial charge >= 0.3 is 5.97 Å². The third-order valence-electron chi connectivity index (χ3n) is 2.50. The van der Waals surface area contributed by atoms with E-state index in [4.69, 9.17) is 17.3 Å². The molecule has 1 aromatic heterocycles. The first-order chi connectivity index (χ1) is 9.51. The Morgan fingerprint density at radius 3 is 2.90 bits per heavy atom. The van der Waals surface area contributed by atoms with Crippen molar-refractivity contribution in [2.24, 2.45) is 0 Å². The Morgan fingerprint density at radius 2 is 2.20 bits per heavy atom. The summed E-state index contributed by atoms with van der Waals surface area (Å²) in [5.41, 5.74) is 6.07. The number of ether oxygens (including phenoxy) is 1. The number of nitrogen functional groups attached to an aromatic ring is 1. The van der Waals surface area contributed by atoms with Crippen molar-refractivity contribution >= 4 is 34.8 Å². The van der Waals surface area contributed by atoms with Crippen molar-refractivity contribution in [2.75, 3.05) is 18.2 Å². The largest absolute Gasteiger partial charge is 0.465 e. The molecule has 3 N–H and O–H groups in total. The number of hydrogen-bond donors (Lipinski definition) is 2. The van der Waals surface area contributed by atoms with Gasteiger partial charge in [-0.25, -0.2) is 14.2 Å². The summed E-state index contributed by atoms with van der Waals surface area (Å²) in [5, 5.41) is 3.05. The molecule has 20 heavy (non-hydrogen) atoms. The summed E-state index contributed by atoms with van der Waals surface area (Å²) in [6, 6.07) is 5.40. The molecule has 0 amide bonds. The number of carbonyl (C=O) groups is 1. The molecular formula is C13H11ClFN3O2. The van der Waals surface area contributed by atoms with Crippen LogP contribution in [0.5, 0.6) is 0 Å². The van der Waals surface area contributed by atoms with E-state index < -0.39 is 11.8 Å². The van der Waals surface area contributed by atoms with Crippen LogP contribution >= 0.6 is 11.6 Å². The predicted octanol–water partition coefficient (Wildman–Crippen LogP) is 2.99. The number of carbonyl (C=O) groups excluding carboxylic acids is 1. The number of nitrogens with one attached hydrogen (secondary N) is 1. The maximum absolute atomic E-state index is 13.7. The summed E-state index contributed by atoms with van der Waals surface area (Å²) in [5.74, 6) is -1.02. The fourth-order valence-electron chi connectivity index (χ4n) is 1.57. The van der Waals surface area contributed by atoms with E-state index >= 15 is 0 Å². The molecular weight excluding hydrogens is 285 g/mol. The van der Waals surface area contributed by atoms with Gasteiger partial charge in [-0.1, -0.05) is 11.6 Å². The molecule has 0 fully saturated rings. The predicted molar refractivity (Wildman–Crippen MR) is 74.7 cm³/mol. The summed E-state index contributed by atoms with van der Waals surface area (Å²) in [6.07, 6.45) is 1.34. The molecule has 0 aliphatic heterocycles. The Balaban J connectivity index is 2.43. The first-order valence-electron chi connectivity index (χ1n) is 5.57. The first kappa shape index (κ1) is 14.1. The van der Waals surface area contributed by atoms with E-state index in [9.17, 15) is 9.18 Å². The minimum Gasteiger partial charge on any atom is -0.465 e. The van der Waals surface area contributed by atoms with Gasteiger partial charge in [0.15, 0.2) is 0 Å². The van der Waals surface area contributed by atoms with Crippen LogP contribution in [0.1, 0.15) is 10.4 Å². The van der Waals surface area contributed by atoms with Crippen molar-refractivity contribution in [3.05, 3.63) is 46.9 Å². The second-order valence-corrected chi connectivity index (χ2v) is 4.34. The van der Waals surface area contributed by atoms with Crippen LogP contribution in [0.2, 0.25) is 5.02 Å². The van der Waals surface area contributed by atoms with Gasteiger partial charge in [0.25, 0.3) is 0 Å². The normalized spacial score (nSPS) is 10.2. The zero-order valence-corrected chi connectivity index (χ0v) is 11.2. The summed E-state index contributed by atoms with van der Waals surface area (Å²) in [6.45, 7) is 0. The molecule has 0 atom stereocenters. The lowest BCUT2D eigenvalue weighted by atomic mass is 10.2. The van der Waals surface area contributed by atoms with Gasteiger partial charge in [0.2, 0.25) is 0 Å². The number of nitrogens with zero attached hydrogens (tertiary/aromatic N) is 1. The molecule has 0 spiro atoms. The van der Waals surface area contributed by atoms with Crippen LogP contribution in [0.15, 0.2) is 30.5 Å². The maximum Gasteiger partial charge on any atom is 0.341 e. The highest BCUT2D eigenvalue weighted by molar-refractivity contribution is 6.30. The van der Waals surface area contributed by atoms with Crippen molar-refractivity contribution < 1.29 is 13.9 Å². The summed E-state index contributed by atoms with van der Waals surface area (Å²) < 4.78 is 18.3. The number of aromatic nitrogens is 1. The van der Waals surface area contributed by atoms with Crippen molar-refractivity contribution in [3.8, 4) is 0 Å². The van der Waals surface area contributed by atoms with E-state index in [1.807, 2.05) is 0 Å². The van der Waals surface area contributed by atoms with Gasteiger partial charge < -0.3 is 15.8 Å². The average Bonchev–Trinajstić information content (AvgIpc) is 2.43. The number of pyridine rings is 1. The van der Waals surface area contributed by atoms with Crippen molar-refractivity contribution in [2.45, 2.75) is 0 Å². The standard InChI is InChI=1S/C13H11ClFN3O2/c1-20-13(19)9-5-8(16)6-17-12(9)18-11-4-7(14)2-3-10(11)15/h2-6H,16H2,1H3,(H,17,18). The van der Waals surface area contributed by atoms with Gasteiger partial charge in [0.05, 0.1) is 24.7 Å². The summed E-state index contributed by atoms with van der Waals surface area (Å²) >= 11 is 5.80. The number of rotatable bonds is 3. The van der Waals surface area contributed by atoms with Gasteiger partial charge in [0.1, 0.15) is 17.2 Å². The number of anilines is 3. The van der Waals surface area contributed by atoms with Crippen LogP contribution in [0.3, 0.4) is 0 Å². The van der Waals surface area contributed by atoms with Gasteiger partial charge in [-0.05, 0) is 24.3 Å². The van der Waals surface area contributed by atoms with E-state index in [0.29, 0.717) is 10.7 Å². The van der Waals surface area contributed by atoms with Gasteiger partial charge in [-0.2, -0.15) is 0 Å². The molecule has 0 bridgehead atoms. The second kappa shape index (κ2) is 5.75. The number of hydrogen-bond acceptors (Lipinski definition) is 5. The lowest BCUT2D eigenvalue weighted by molar-refractivity contribution is 0.0601. The van der Waals surface area contributed by atoms with Crippen LogP contribution < -0.4 is 11.1 Å². The number of esters is 1. The van der Waals surface area contributed by atoms with Crippen LogP contribution in [0.4, 0.5) is 21.6 Å². The fourth-order valence-corrected chi connectivity index (χ4v) is 1.74. The van der Waals surface area contributed by atoms with Crippen LogP contribution in [0, 0.1) is 5.82 Å². The first-order valence-corrected chi connectivity index (χ1v) is 5.95. The average molecular weight is 296 g/mol. The molecule has 104 valence electrons. The lowest BCUT2D eigenvalue weighted by Crippen LogP contribution is -2.09. The molecule has 1 aromatic carbocycles. The fraction of sp³-hybridized carbons (Fsp3) is 0.0769. The molecule has 0 saturated heterocycles. The van der Waals surface area contributed by atoms with Crippen LogP contribution in [-0.2, 0) is 4.74 Å². The van der Waals surface area contributed by atoms with E-state index in [1.165, 1.54) is 37.6 Å². The molecule has 2 aromatic rings. The highest BCUT2D eigenvalue weighted by atomic mass is 35.5. The number of halogens is 2. The molecule has 2 rings (SSSR count). The van der Waals surface area contributed by atoms with E-state index in [-0.39, 0.29) is 17.1 Å². The molecule has 7 heteroatoms. The number of nitrogens with two attached hydrogens (primary N) is 1. The van der Waals surface area contributed by atoms with Gasteiger partial charge in [-0.15, -0.1) is 0 Å². The number of methoxy groups -OCH3 is 1. The SMILES string of the molecule is COC(=O)c1cc(N)cnc1Nc1cc(Cl)ccc1F. The van der Waals surface area contributed by atoms with Crippen molar-refractivity contribution in [1.82, 2.24) is 4.98 Å². The van der Waals surface area contributed by atoms with Crippen molar-refractivity contribution in [3.63, 3.8) is 0 Å². The quantitative estimate of drug-likeness (QED) is 0.851. The van der Waals surface area contributed by atoms with Crippen molar-refractivity contribution in [1.29, 1.82) is 0 Å². The van der Waals surface area contributed by atoms with Gasteiger partial charge in [-0.3, -0.25) is 0 Å². The Hall–Kier alpha value is -2.34. The molecule has 0 aliphatic carbocycles. The van der Waals surface area contributed by atoms with E-state index in [1.54, 1.807) is 0 Å². The third-order valence-corrected chi connectivity index (χ3v) is 2.73. The molecule has 5 nitrogen and oxygen atoms in total. The summed E-state index contributed by atoms with van der Waals surface area (Å²) in [4.78, 5) is 15.6. The second-order valence-electron chi connectivity index (χ2n) is 3.91. The maximum atomic E-state index is 13.7. The van der Waals surface area contributed by atoms with Crippen LogP contribution in [-0.4, -0.2) is 18.1 Å². The molecule has 0 saturated carbocycles. The third kappa shape index (κ3) is 2.97. The van der Waals surface area contributed by atoms with E-state index in [0.717, 1.165) is 0 Å². The lowest BCUT2D eigenvalue weighted by Gasteiger charge is -2.11.